The Morgan fingerprint density at radius 2 is 2.05 bits per heavy atom. The van der Waals surface area contributed by atoms with Crippen molar-refractivity contribution >= 4 is 5.91 Å². The molecule has 0 radical (unpaired) electrons. The quantitative estimate of drug-likeness (QED) is 0.911. The molecule has 20 heavy (non-hydrogen) atoms. The smallest absolute Gasteiger partial charge is 0.364 e. The number of benzene rings is 1. The zero-order valence-corrected chi connectivity index (χ0v) is 9.85. The first-order chi connectivity index (χ1) is 9.32. The highest BCUT2D eigenvalue weighted by Gasteiger charge is 2.35. The summed E-state index contributed by atoms with van der Waals surface area (Å²) in [6.07, 6.45) is -4.69. The molecule has 0 aliphatic rings. The summed E-state index contributed by atoms with van der Waals surface area (Å²) in [5.41, 5.74) is 3.78. The zero-order chi connectivity index (χ0) is 14.9. The van der Waals surface area contributed by atoms with Gasteiger partial charge in [0.1, 0.15) is 5.69 Å². The van der Waals surface area contributed by atoms with Crippen molar-refractivity contribution in [1.82, 2.24) is 9.78 Å². The maximum Gasteiger partial charge on any atom is 0.435 e. The topological polar surface area (TPSA) is 84.7 Å². The first-order valence-corrected chi connectivity index (χ1v) is 5.30. The number of hydrogen-bond donors (Lipinski definition) is 1. The lowest BCUT2D eigenvalue weighted by Gasteiger charge is -2.05. The Labute approximate surface area is 111 Å². The number of aromatic nitrogens is 2. The third kappa shape index (κ3) is 2.47. The summed E-state index contributed by atoms with van der Waals surface area (Å²) in [5, 5.41) is 12.1. The van der Waals surface area contributed by atoms with E-state index >= 15 is 0 Å². The van der Waals surface area contributed by atoms with Gasteiger partial charge in [-0.2, -0.15) is 23.5 Å². The maximum absolute atomic E-state index is 12.6. The van der Waals surface area contributed by atoms with Crippen molar-refractivity contribution in [2.24, 2.45) is 5.73 Å². The molecule has 0 saturated heterocycles. The van der Waals surface area contributed by atoms with Crippen molar-refractivity contribution in [3.63, 3.8) is 0 Å². The number of hydrogen-bond acceptors (Lipinski definition) is 3. The zero-order valence-electron chi connectivity index (χ0n) is 9.85. The van der Waals surface area contributed by atoms with Gasteiger partial charge in [-0.05, 0) is 18.2 Å². The molecule has 0 saturated carbocycles. The SMILES string of the molecule is N#Cc1cccc(-n2nc(C(F)(F)F)cc2C(N)=O)c1. The summed E-state index contributed by atoms with van der Waals surface area (Å²) in [6, 6.07) is 8.08. The molecule has 8 heteroatoms. The molecule has 0 unspecified atom stereocenters. The Bertz CT molecular complexity index is 712. The van der Waals surface area contributed by atoms with Gasteiger partial charge in [0.05, 0.1) is 17.3 Å². The van der Waals surface area contributed by atoms with Gasteiger partial charge in [0.15, 0.2) is 5.69 Å². The summed E-state index contributed by atoms with van der Waals surface area (Å²) in [7, 11) is 0. The third-order valence-corrected chi connectivity index (χ3v) is 2.47. The van der Waals surface area contributed by atoms with E-state index < -0.39 is 23.5 Å². The van der Waals surface area contributed by atoms with Crippen molar-refractivity contribution in [3.8, 4) is 11.8 Å². The van der Waals surface area contributed by atoms with Crippen LogP contribution in [0.3, 0.4) is 0 Å². The van der Waals surface area contributed by atoms with Gasteiger partial charge >= 0.3 is 6.18 Å². The highest BCUT2D eigenvalue weighted by Crippen LogP contribution is 2.29. The molecule has 2 aromatic rings. The Balaban J connectivity index is 2.63. The number of nitrogens with two attached hydrogens (primary N) is 1. The number of alkyl halides is 3. The van der Waals surface area contributed by atoms with E-state index in [4.69, 9.17) is 11.0 Å². The Morgan fingerprint density at radius 3 is 2.60 bits per heavy atom. The Kier molecular flexibility index (Phi) is 3.19. The minimum Gasteiger partial charge on any atom is -0.364 e. The summed E-state index contributed by atoms with van der Waals surface area (Å²) in [6.45, 7) is 0. The lowest BCUT2D eigenvalue weighted by Crippen LogP contribution is -2.16. The average molecular weight is 280 g/mol. The molecule has 2 rings (SSSR count). The molecule has 0 aliphatic heterocycles. The van der Waals surface area contributed by atoms with Gasteiger partial charge in [0.25, 0.3) is 5.91 Å². The number of carbonyl (C=O) groups is 1. The number of amides is 1. The van der Waals surface area contributed by atoms with Crippen LogP contribution in [0, 0.1) is 11.3 Å². The fourth-order valence-corrected chi connectivity index (χ4v) is 1.60. The van der Waals surface area contributed by atoms with Crippen LogP contribution in [0.1, 0.15) is 21.7 Å². The minimum atomic E-state index is -4.69. The molecule has 102 valence electrons. The summed E-state index contributed by atoms with van der Waals surface area (Å²) < 4.78 is 38.6. The van der Waals surface area contributed by atoms with Gasteiger partial charge in [0, 0.05) is 6.07 Å². The second-order valence-electron chi connectivity index (χ2n) is 3.85. The van der Waals surface area contributed by atoms with Gasteiger partial charge < -0.3 is 5.73 Å². The lowest BCUT2D eigenvalue weighted by atomic mass is 10.2. The van der Waals surface area contributed by atoms with E-state index in [2.05, 4.69) is 5.10 Å². The van der Waals surface area contributed by atoms with Crippen LogP contribution in [0.25, 0.3) is 5.69 Å². The number of carbonyl (C=O) groups excluding carboxylic acids is 1. The number of nitriles is 1. The fraction of sp³-hybridized carbons (Fsp3) is 0.0833. The minimum absolute atomic E-state index is 0.147. The molecule has 0 aliphatic carbocycles. The molecule has 2 N–H and O–H groups in total. The van der Waals surface area contributed by atoms with E-state index in [0.29, 0.717) is 6.07 Å². The molecule has 1 aromatic heterocycles. The molecule has 0 atom stereocenters. The summed E-state index contributed by atoms with van der Waals surface area (Å²) in [5.74, 6) is -1.05. The van der Waals surface area contributed by atoms with Crippen molar-refractivity contribution in [1.29, 1.82) is 5.26 Å². The monoisotopic (exact) mass is 280 g/mol. The molecule has 0 bridgehead atoms. The molecule has 1 heterocycles. The standard InChI is InChI=1S/C12H7F3N4O/c13-12(14,15)10-5-9(11(17)20)19(18-10)8-3-1-2-7(4-8)6-16/h1-5H,(H2,17,20). The molecule has 0 fully saturated rings. The van der Waals surface area contributed by atoms with Crippen LogP contribution in [0.5, 0.6) is 0 Å². The van der Waals surface area contributed by atoms with E-state index in [1.165, 1.54) is 24.3 Å². The van der Waals surface area contributed by atoms with Crippen LogP contribution >= 0.6 is 0 Å². The van der Waals surface area contributed by atoms with Gasteiger partial charge in [-0.1, -0.05) is 6.07 Å². The van der Waals surface area contributed by atoms with Crippen LogP contribution in [-0.4, -0.2) is 15.7 Å². The van der Waals surface area contributed by atoms with Crippen molar-refractivity contribution < 1.29 is 18.0 Å². The molecule has 1 amide bonds. The van der Waals surface area contributed by atoms with E-state index in [1.54, 1.807) is 0 Å². The largest absolute Gasteiger partial charge is 0.435 e. The lowest BCUT2D eigenvalue weighted by molar-refractivity contribution is -0.141. The molecule has 1 aromatic carbocycles. The van der Waals surface area contributed by atoms with E-state index in [1.807, 2.05) is 6.07 Å². The molecular formula is C12H7F3N4O. The van der Waals surface area contributed by atoms with Crippen LogP contribution in [0.15, 0.2) is 30.3 Å². The molecule has 0 spiro atoms. The fourth-order valence-electron chi connectivity index (χ4n) is 1.60. The summed E-state index contributed by atoms with van der Waals surface area (Å²) in [4.78, 5) is 11.2. The van der Waals surface area contributed by atoms with Crippen LogP contribution in [-0.2, 0) is 6.18 Å². The van der Waals surface area contributed by atoms with Crippen LogP contribution < -0.4 is 5.73 Å². The molecular weight excluding hydrogens is 273 g/mol. The average Bonchev–Trinajstić information content (AvgIpc) is 2.84. The van der Waals surface area contributed by atoms with Crippen LogP contribution in [0.2, 0.25) is 0 Å². The second-order valence-corrected chi connectivity index (χ2v) is 3.85. The van der Waals surface area contributed by atoms with E-state index in [-0.39, 0.29) is 11.3 Å². The van der Waals surface area contributed by atoms with Crippen molar-refractivity contribution in [3.05, 3.63) is 47.3 Å². The first-order valence-electron chi connectivity index (χ1n) is 5.30. The van der Waals surface area contributed by atoms with Gasteiger partial charge in [-0.25, -0.2) is 4.68 Å². The Hall–Kier alpha value is -2.82. The maximum atomic E-state index is 12.6. The second kappa shape index (κ2) is 4.70. The third-order valence-electron chi connectivity index (χ3n) is 2.47. The molecule has 5 nitrogen and oxygen atoms in total. The number of primary amides is 1. The number of rotatable bonds is 2. The predicted octanol–water partition coefficient (Wildman–Crippen LogP) is 1.86. The highest BCUT2D eigenvalue weighted by molar-refractivity contribution is 5.91. The van der Waals surface area contributed by atoms with Gasteiger partial charge in [-0.3, -0.25) is 4.79 Å². The van der Waals surface area contributed by atoms with Gasteiger partial charge in [-0.15, -0.1) is 0 Å². The van der Waals surface area contributed by atoms with Crippen LogP contribution in [0.4, 0.5) is 13.2 Å². The first kappa shape index (κ1) is 13.6. The van der Waals surface area contributed by atoms with Gasteiger partial charge in [0.2, 0.25) is 0 Å². The van der Waals surface area contributed by atoms with E-state index in [0.717, 1.165) is 4.68 Å². The highest BCUT2D eigenvalue weighted by atomic mass is 19.4. The summed E-state index contributed by atoms with van der Waals surface area (Å²) >= 11 is 0. The van der Waals surface area contributed by atoms with E-state index in [9.17, 15) is 18.0 Å². The Morgan fingerprint density at radius 1 is 1.35 bits per heavy atom. The van der Waals surface area contributed by atoms with Crippen molar-refractivity contribution in [2.75, 3.05) is 0 Å². The predicted molar refractivity (Wildman–Crippen MR) is 61.8 cm³/mol. The number of halogens is 3. The van der Waals surface area contributed by atoms with Crippen molar-refractivity contribution in [2.45, 2.75) is 6.18 Å². The normalized spacial score (nSPS) is 11.1. The number of nitrogens with zero attached hydrogens (tertiary/aromatic N) is 3.